The molecule has 6 aliphatic heterocycles. The predicted molar refractivity (Wildman–Crippen MR) is 445 cm³/mol. The number of imide groups is 3. The molecule has 0 spiro atoms. The van der Waals surface area contributed by atoms with Crippen LogP contribution in [0.3, 0.4) is 0 Å². The summed E-state index contributed by atoms with van der Waals surface area (Å²) in [7, 11) is 1.54. The number of carbonyl (C=O) groups is 9. The number of nitrogens with two attached hydrogens (primary N) is 1. The van der Waals surface area contributed by atoms with Crippen molar-refractivity contribution in [1.29, 1.82) is 0 Å². The Balaban J connectivity index is 0.000000129. The summed E-state index contributed by atoms with van der Waals surface area (Å²) in [6.45, 7) is 9.73. The molecule has 12 aromatic rings. The molecule has 1 aliphatic carbocycles. The Morgan fingerprint density at radius 1 is 0.488 bits per heavy atom. The number of imidazole rings is 2. The zero-order chi connectivity index (χ0) is 84.0. The quantitative estimate of drug-likeness (QED) is 0.0260. The number of anilines is 1. The Labute approximate surface area is 695 Å². The third-order valence-electron chi connectivity index (χ3n) is 22.4. The van der Waals surface area contributed by atoms with Crippen molar-refractivity contribution in [2.45, 2.75) is 89.4 Å². The van der Waals surface area contributed by atoms with Crippen LogP contribution in [-0.4, -0.2) is 152 Å². The molecular weight excluding hydrogens is 1560 g/mol. The van der Waals surface area contributed by atoms with Crippen LogP contribution in [0.15, 0.2) is 182 Å². The van der Waals surface area contributed by atoms with Crippen LogP contribution in [-0.2, 0) is 57.2 Å². The number of aromatic nitrogens is 9. The number of thiazole rings is 1. The first kappa shape index (κ1) is 78.3. The lowest BCUT2D eigenvalue weighted by Crippen LogP contribution is -2.52. The van der Waals surface area contributed by atoms with Gasteiger partial charge in [-0.05, 0) is 127 Å². The fraction of sp³-hybridized carbons (Fsp3) is 0.236. The highest BCUT2D eigenvalue weighted by molar-refractivity contribution is 7.13. The number of fused-ring (bicyclic) bond motifs is 5. The summed E-state index contributed by atoms with van der Waals surface area (Å²) in [6.07, 6.45) is 9.04. The number of carbonyl (C=O) groups excluding carboxylic acids is 9. The summed E-state index contributed by atoms with van der Waals surface area (Å²) in [5.41, 5.74) is 16.6. The van der Waals surface area contributed by atoms with Crippen molar-refractivity contribution in [3.63, 3.8) is 0 Å². The number of nitrogen functional groups attached to an aromatic ring is 1. The van der Waals surface area contributed by atoms with E-state index in [1.807, 2.05) is 107 Å². The Bertz CT molecular complexity index is 6380. The average Bonchev–Trinajstić information content (AvgIpc) is 1.63. The number of amides is 12. The zero-order valence-corrected chi connectivity index (χ0v) is 66.8. The van der Waals surface area contributed by atoms with Gasteiger partial charge in [-0.3, -0.25) is 44.7 Å². The summed E-state index contributed by atoms with van der Waals surface area (Å²) in [6, 6.07) is 44.2. The van der Waals surface area contributed by atoms with E-state index >= 15 is 0 Å². The van der Waals surface area contributed by atoms with Crippen molar-refractivity contribution in [3.05, 3.63) is 232 Å². The molecule has 606 valence electrons. The monoisotopic (exact) mass is 1640 g/mol. The van der Waals surface area contributed by atoms with E-state index in [0.717, 1.165) is 68.0 Å². The van der Waals surface area contributed by atoms with Crippen molar-refractivity contribution in [1.82, 2.24) is 90.6 Å². The van der Waals surface area contributed by atoms with Gasteiger partial charge in [-0.1, -0.05) is 127 Å². The molecule has 12 amide bonds. The zero-order valence-electron chi connectivity index (χ0n) is 66.0. The van der Waals surface area contributed by atoms with Gasteiger partial charge in [0.05, 0.1) is 45.1 Å². The van der Waals surface area contributed by atoms with E-state index in [9.17, 15) is 43.2 Å². The number of methoxy groups -OCH3 is 1. The minimum atomic E-state index is -1.47. The van der Waals surface area contributed by atoms with Crippen molar-refractivity contribution >= 4 is 92.3 Å². The number of ether oxygens (including phenoxy) is 3. The van der Waals surface area contributed by atoms with Gasteiger partial charge in [-0.15, -0.1) is 23.2 Å². The van der Waals surface area contributed by atoms with Gasteiger partial charge >= 0.3 is 18.1 Å². The molecule has 0 unspecified atom stereocenters. The predicted octanol–water partition coefficient (Wildman–Crippen LogP) is 9.92. The molecule has 19 rings (SSSR count). The molecule has 121 heavy (non-hydrogen) atoms. The lowest BCUT2D eigenvalue weighted by atomic mass is 9.88. The van der Waals surface area contributed by atoms with Crippen molar-refractivity contribution in [3.8, 4) is 85.8 Å². The fourth-order valence-electron chi connectivity index (χ4n) is 15.9. The number of urea groups is 3. The standard InChI is InChI=1S/C31H27N7O4.C30H27N7O4.C28H23N5O4S/c1-2-3-12-42-23-11-8-21-15-37(28(39)24(21)13-23)16-31(29(40)35-30(41)36-31)22-9-6-20(7-10-22)25-26-27(33-17-32-25)38(18-34-26)14-19-4-5-19;1-4-5-12-41-22-11-8-20-14-36(27(38)23(20)13-22)15-30(28(39)34-29(40)35-30)21-9-6-19(7-10-21)24-25-26(32-16-31-24)37(17-33-25)18(2)3;1-37-21-11-8-19-13-33(24(34)22(19)12-21)15-28(25(35)31-27(36)32-28)20-9-6-17(7-10-20)16-2-4-18(5-3-16)23-14-38-26(29)30-23/h6-11,13,17-19H,4-5,12,14-16H2,1H3,(H2,35,36,40,41);6-11,13,16-18H,12,14-15H2,1-3H3,(H2,34,35,39,40);2-12,14H,13,15H2,1H3,(H2,29,30)(H2,31,32,35,36)/t31-;30-;28-/m001/s1. The van der Waals surface area contributed by atoms with Gasteiger partial charge < -0.3 is 59.7 Å². The number of rotatable bonds is 21. The Kier molecular flexibility index (Phi) is 20.7. The fourth-order valence-corrected chi connectivity index (χ4v) is 16.5. The number of hydrogen-bond acceptors (Lipinski definition) is 21. The highest BCUT2D eigenvalue weighted by Gasteiger charge is 2.54. The molecule has 8 N–H and O–H groups in total. The minimum absolute atomic E-state index is 0.00871. The average molecular weight is 1640 g/mol. The lowest BCUT2D eigenvalue weighted by molar-refractivity contribution is -0.125. The van der Waals surface area contributed by atoms with E-state index in [1.54, 1.807) is 103 Å². The Morgan fingerprint density at radius 2 is 0.884 bits per heavy atom. The van der Waals surface area contributed by atoms with Crippen molar-refractivity contribution in [2.75, 3.05) is 45.7 Å². The third kappa shape index (κ3) is 15.0. The molecule has 1 saturated carbocycles. The van der Waals surface area contributed by atoms with Gasteiger partial charge in [0.2, 0.25) is 0 Å². The van der Waals surface area contributed by atoms with E-state index in [2.05, 4.69) is 109 Å². The molecule has 32 heteroatoms. The molecule has 4 fully saturated rings. The van der Waals surface area contributed by atoms with E-state index in [4.69, 9.17) is 19.9 Å². The van der Waals surface area contributed by atoms with Crippen LogP contribution in [0.2, 0.25) is 0 Å². The summed E-state index contributed by atoms with van der Waals surface area (Å²) in [5.74, 6) is 11.3. The second-order valence-electron chi connectivity index (χ2n) is 30.3. The molecule has 3 atom stereocenters. The second-order valence-corrected chi connectivity index (χ2v) is 31.2. The van der Waals surface area contributed by atoms with Gasteiger partial charge in [0.1, 0.15) is 65.5 Å². The lowest BCUT2D eigenvalue weighted by Gasteiger charge is -2.31. The van der Waals surface area contributed by atoms with Gasteiger partial charge in [0.25, 0.3) is 35.4 Å². The minimum Gasteiger partial charge on any atom is -0.497 e. The van der Waals surface area contributed by atoms with Gasteiger partial charge in [-0.25, -0.2) is 49.3 Å². The highest BCUT2D eigenvalue weighted by Crippen LogP contribution is 2.40. The maximum atomic E-state index is 13.4. The second kappa shape index (κ2) is 32.0. The number of nitrogens with zero attached hydrogens (tertiary/aromatic N) is 12. The molecule has 0 bridgehead atoms. The Morgan fingerprint density at radius 3 is 1.28 bits per heavy atom. The number of hydrogen-bond donors (Lipinski definition) is 7. The van der Waals surface area contributed by atoms with E-state index < -0.39 is 52.4 Å². The van der Waals surface area contributed by atoms with Crippen LogP contribution >= 0.6 is 11.3 Å². The Hall–Kier alpha value is -15.2. The van der Waals surface area contributed by atoms with Gasteiger partial charge in [-0.2, -0.15) is 0 Å². The molecule has 0 radical (unpaired) electrons. The van der Waals surface area contributed by atoms with Crippen LogP contribution < -0.4 is 51.8 Å². The smallest absolute Gasteiger partial charge is 0.322 e. The normalized spacial score (nSPS) is 18.5. The molecular formula is C89H77N19O12S. The first-order valence-electron chi connectivity index (χ1n) is 38.9. The van der Waals surface area contributed by atoms with E-state index in [1.165, 1.54) is 36.8 Å². The third-order valence-corrected chi connectivity index (χ3v) is 23.1. The summed E-state index contributed by atoms with van der Waals surface area (Å²) in [4.78, 5) is 153. The van der Waals surface area contributed by atoms with Crippen molar-refractivity contribution < 1.29 is 57.4 Å². The first-order chi connectivity index (χ1) is 58.6. The number of benzene rings is 7. The van der Waals surface area contributed by atoms with Crippen LogP contribution in [0.5, 0.6) is 17.2 Å². The van der Waals surface area contributed by atoms with Gasteiger partial charge in [0.15, 0.2) is 33.0 Å². The highest BCUT2D eigenvalue weighted by atomic mass is 32.1. The maximum absolute atomic E-state index is 13.4. The van der Waals surface area contributed by atoms with E-state index in [0.29, 0.717) is 104 Å². The number of nitrogens with one attached hydrogen (secondary N) is 6. The SMILES string of the molecule is CC#CCOc1ccc2c(c1)C(=O)N(C[C@@]1(c3ccc(-c4ncnc5c4ncn5C(C)C)cc3)NC(=O)NC1=O)C2.CC#CCOc1ccc2c(c1)C(=O)N(C[C@@]1(c3ccc(-c4ncnc5c4ncn5CC4CC4)cc3)NC(=O)NC1=O)C2.COc1ccc2c(c1)C(=O)N(C[C@]1(c3ccc(-c4ccc(-c5csc(N)n5)cc4)cc3)NC(=O)NC1=O)C2. The largest absolute Gasteiger partial charge is 0.497 e. The van der Waals surface area contributed by atoms with E-state index in [-0.39, 0.29) is 56.6 Å². The van der Waals surface area contributed by atoms with Crippen LogP contribution in [0.4, 0.5) is 19.5 Å². The summed E-state index contributed by atoms with van der Waals surface area (Å²) >= 11 is 1.40. The molecule has 7 aromatic carbocycles. The van der Waals surface area contributed by atoms with Crippen LogP contribution in [0, 0.1) is 29.6 Å². The molecule has 7 aliphatic rings. The van der Waals surface area contributed by atoms with Crippen molar-refractivity contribution in [2.24, 2.45) is 5.92 Å². The molecule has 31 nitrogen and oxygen atoms in total. The molecule has 5 aromatic heterocycles. The topological polar surface area (TPSA) is 389 Å². The summed E-state index contributed by atoms with van der Waals surface area (Å²) < 4.78 is 20.5. The van der Waals surface area contributed by atoms with Crippen LogP contribution in [0.1, 0.15) is 111 Å². The summed E-state index contributed by atoms with van der Waals surface area (Å²) in [5, 5.41) is 17.8. The molecule has 11 heterocycles. The van der Waals surface area contributed by atoms with Crippen LogP contribution in [0.25, 0.3) is 67.2 Å². The first-order valence-corrected chi connectivity index (χ1v) is 39.7. The maximum Gasteiger partial charge on any atom is 0.322 e. The van der Waals surface area contributed by atoms with Gasteiger partial charge in [0, 0.05) is 71.0 Å². The molecule has 3 saturated heterocycles.